The van der Waals surface area contributed by atoms with E-state index >= 15 is 0 Å². The smallest absolute Gasteiger partial charge is 0.657 e. The first-order chi connectivity index (χ1) is 43.1. The SMILES string of the molecule is CCC1=C(C)c2nc1cc1[n-]c(c(C)c1CC)c(-c1cc(OC)c(OC)c(OC)c1)c1nc(c(-c3ccc(/C=C/c4ccc(N(c5ccc(C)cc5)c5ccc(C)cc5)cc4)cc3)c3[n-]c(c(C)c3CC)c2-c2cc(OC)c(OC)c(OC)c2)C(CC)=C1C.[Cu+2]. The van der Waals surface area contributed by atoms with Gasteiger partial charge >= 0.3 is 17.1 Å². The third kappa shape index (κ3) is 11.5. The molecule has 463 valence electrons. The van der Waals surface area contributed by atoms with Crippen molar-refractivity contribution in [2.24, 2.45) is 0 Å². The zero-order chi connectivity index (χ0) is 62.9. The molecular formula is C78H79CuN5O6. The minimum Gasteiger partial charge on any atom is -0.657 e. The van der Waals surface area contributed by atoms with Crippen molar-refractivity contribution in [3.05, 3.63) is 195 Å². The zero-order valence-electron chi connectivity index (χ0n) is 54.6. The Kier molecular flexibility index (Phi) is 19.0. The van der Waals surface area contributed by atoms with E-state index in [-0.39, 0.29) is 17.1 Å². The Morgan fingerprint density at radius 3 is 1.23 bits per heavy atom. The number of methoxy groups -OCH3 is 6. The molecule has 0 amide bonds. The molecule has 0 unspecified atom stereocenters. The first kappa shape index (κ1) is 63.8. The number of aromatic nitrogens is 4. The molecule has 9 aromatic rings. The van der Waals surface area contributed by atoms with Crippen molar-refractivity contribution in [3.63, 3.8) is 0 Å². The van der Waals surface area contributed by atoms with Gasteiger partial charge in [-0.05, 0) is 195 Å². The number of rotatable bonds is 18. The van der Waals surface area contributed by atoms with Gasteiger partial charge in [0.25, 0.3) is 0 Å². The fourth-order valence-electron chi connectivity index (χ4n) is 13.0. The minimum absolute atomic E-state index is 0. The molecule has 8 bridgehead atoms. The average Bonchev–Trinajstić information content (AvgIpc) is 1.58. The summed E-state index contributed by atoms with van der Waals surface area (Å²) in [6, 6.07) is 45.2. The van der Waals surface area contributed by atoms with Gasteiger partial charge < -0.3 is 43.3 Å². The number of aryl methyl sites for hydroxylation is 6. The Balaban J connectivity index is 0.00000891. The van der Waals surface area contributed by atoms with Gasteiger partial charge in [0, 0.05) is 17.1 Å². The van der Waals surface area contributed by atoms with Gasteiger partial charge in [0.2, 0.25) is 11.5 Å². The summed E-state index contributed by atoms with van der Waals surface area (Å²) >= 11 is 0. The summed E-state index contributed by atoms with van der Waals surface area (Å²) in [5.41, 5.74) is 28.5. The van der Waals surface area contributed by atoms with Gasteiger partial charge in [0.1, 0.15) is 0 Å². The van der Waals surface area contributed by atoms with Crippen molar-refractivity contribution in [2.45, 2.75) is 94.9 Å². The molecule has 0 aliphatic carbocycles. The Morgan fingerprint density at radius 2 is 0.800 bits per heavy atom. The number of hydrogen-bond donors (Lipinski definition) is 0. The van der Waals surface area contributed by atoms with E-state index < -0.39 is 0 Å². The Bertz CT molecular complexity index is 4320. The molecule has 0 atom stereocenters. The average molecular weight is 1250 g/mol. The fourth-order valence-corrected chi connectivity index (χ4v) is 13.0. The molecule has 3 aromatic heterocycles. The van der Waals surface area contributed by atoms with E-state index in [2.05, 4.69) is 189 Å². The second-order valence-corrected chi connectivity index (χ2v) is 22.8. The van der Waals surface area contributed by atoms with Gasteiger partial charge in [0.05, 0.1) is 65.4 Å². The molecule has 0 saturated carbocycles. The number of nitrogens with zero attached hydrogens (tertiary/aromatic N) is 5. The van der Waals surface area contributed by atoms with Gasteiger partial charge in [-0.15, -0.1) is 22.1 Å². The van der Waals surface area contributed by atoms with Crippen molar-refractivity contribution in [2.75, 3.05) is 47.6 Å². The van der Waals surface area contributed by atoms with Crippen LogP contribution in [0.3, 0.4) is 0 Å². The van der Waals surface area contributed by atoms with E-state index in [0.717, 1.165) is 164 Å². The molecule has 90 heavy (non-hydrogen) atoms. The van der Waals surface area contributed by atoms with Gasteiger partial charge in [-0.1, -0.05) is 140 Å². The largest absolute Gasteiger partial charge is 2.00 e. The molecule has 11 nitrogen and oxygen atoms in total. The van der Waals surface area contributed by atoms with E-state index in [1.54, 1.807) is 42.7 Å². The van der Waals surface area contributed by atoms with Crippen LogP contribution in [-0.4, -0.2) is 52.6 Å². The van der Waals surface area contributed by atoms with Crippen molar-refractivity contribution < 1.29 is 45.5 Å². The van der Waals surface area contributed by atoms with Gasteiger partial charge in [-0.25, -0.2) is 9.97 Å². The summed E-state index contributed by atoms with van der Waals surface area (Å²) < 4.78 is 36.1. The topological polar surface area (TPSA) is 113 Å². The summed E-state index contributed by atoms with van der Waals surface area (Å²) in [5.74, 6) is 3.12. The molecule has 11 rings (SSSR count). The second-order valence-electron chi connectivity index (χ2n) is 22.8. The maximum atomic E-state index is 6.07. The molecule has 5 heterocycles. The molecular weight excluding hydrogens is 1170 g/mol. The first-order valence-electron chi connectivity index (χ1n) is 30.7. The monoisotopic (exact) mass is 1240 g/mol. The molecule has 0 saturated heterocycles. The fraction of sp³-hybridized carbons (Fsp3) is 0.256. The van der Waals surface area contributed by atoms with Crippen molar-refractivity contribution in [1.29, 1.82) is 0 Å². The Hall–Kier alpha value is -9.22. The quantitative estimate of drug-likeness (QED) is 0.0604. The van der Waals surface area contributed by atoms with Crippen LogP contribution in [0.5, 0.6) is 34.5 Å². The Labute approximate surface area is 541 Å². The predicted octanol–water partition coefficient (Wildman–Crippen LogP) is 19.3. The van der Waals surface area contributed by atoms with E-state index in [0.29, 0.717) is 47.3 Å². The molecule has 2 aliphatic rings. The van der Waals surface area contributed by atoms with E-state index in [1.165, 1.54) is 11.1 Å². The number of benzene rings is 6. The van der Waals surface area contributed by atoms with Crippen LogP contribution in [0.4, 0.5) is 17.1 Å². The normalized spacial score (nSPS) is 12.2. The minimum atomic E-state index is 0. The molecule has 12 heteroatoms. The van der Waals surface area contributed by atoms with Crippen LogP contribution in [0.1, 0.15) is 122 Å². The predicted molar refractivity (Wildman–Crippen MR) is 368 cm³/mol. The van der Waals surface area contributed by atoms with Crippen molar-refractivity contribution in [3.8, 4) is 67.9 Å². The van der Waals surface area contributed by atoms with Crippen LogP contribution >= 0.6 is 0 Å². The zero-order valence-corrected chi connectivity index (χ0v) is 55.5. The van der Waals surface area contributed by atoms with Crippen LogP contribution in [-0.2, 0) is 29.9 Å². The standard InChI is InChI=1S/C78H79N5O6.Cu/c1-17-58-46(7)71-69(53-39-64(84-11)77(88-15)65(40-53)85-12)73-48(9)60(19-3)75(81-73)68(52-31-27-50(28-32-52)25-26-51-29-37-57(38-30-51)83(55-33-21-44(5)22-34-55)56-35-23-45(6)24-36-56)76-61(20-4)49(10)74(82-76)70(54-41-66(86-13)78(89-16)67(42-54)87-14)72-47(8)59(18-2)63(80-72)43-62(58)79-71;/h21-43H,17-20H2,1-16H3;/q-2;+2/b26-25+,62-43?,63-43?,71-69?,72-70?,73-69?,74-70?,75-68?,76-68?;. The number of anilines is 3. The van der Waals surface area contributed by atoms with E-state index in [9.17, 15) is 0 Å². The van der Waals surface area contributed by atoms with Gasteiger partial charge in [0.15, 0.2) is 23.0 Å². The van der Waals surface area contributed by atoms with Crippen molar-refractivity contribution >= 4 is 73.6 Å². The van der Waals surface area contributed by atoms with Gasteiger partial charge in [-0.3, -0.25) is 0 Å². The summed E-state index contributed by atoms with van der Waals surface area (Å²) in [5, 5.41) is 0. The van der Waals surface area contributed by atoms with Crippen LogP contribution in [0.15, 0.2) is 127 Å². The summed E-state index contributed by atoms with van der Waals surface area (Å²) in [4.78, 5) is 25.6. The third-order valence-corrected chi connectivity index (χ3v) is 17.8. The summed E-state index contributed by atoms with van der Waals surface area (Å²) in [7, 11) is 9.86. The van der Waals surface area contributed by atoms with Crippen molar-refractivity contribution in [1.82, 2.24) is 19.9 Å². The number of hydrogen-bond acceptors (Lipinski definition) is 9. The number of allylic oxidation sites excluding steroid dienone is 4. The van der Waals surface area contributed by atoms with E-state index in [4.69, 9.17) is 48.4 Å². The maximum Gasteiger partial charge on any atom is 2.00 e. The molecule has 0 N–H and O–H groups in total. The summed E-state index contributed by atoms with van der Waals surface area (Å²) in [6.07, 6.45) is 7.21. The molecule has 6 aromatic carbocycles. The first-order valence-corrected chi connectivity index (χ1v) is 30.7. The van der Waals surface area contributed by atoms with Gasteiger partial charge in [-0.2, -0.15) is 0 Å². The molecule has 1 radical (unpaired) electrons. The van der Waals surface area contributed by atoms with Crippen LogP contribution in [0, 0.1) is 27.7 Å². The summed E-state index contributed by atoms with van der Waals surface area (Å²) in [6.45, 7) is 21.8. The molecule has 0 spiro atoms. The molecule has 0 fully saturated rings. The van der Waals surface area contributed by atoms with E-state index in [1.807, 2.05) is 24.3 Å². The third-order valence-electron chi connectivity index (χ3n) is 17.8. The van der Waals surface area contributed by atoms with Crippen LogP contribution in [0.25, 0.3) is 89.9 Å². The van der Waals surface area contributed by atoms with Crippen LogP contribution in [0.2, 0.25) is 0 Å². The number of fused-ring (bicyclic) bond motifs is 8. The molecule has 2 aliphatic heterocycles. The second kappa shape index (κ2) is 26.9. The Morgan fingerprint density at radius 1 is 0.400 bits per heavy atom. The van der Waals surface area contributed by atoms with Crippen LogP contribution < -0.4 is 43.3 Å². The maximum absolute atomic E-state index is 6.07. The number of ether oxygens (including phenoxy) is 6.